The molecule has 0 amide bonds. The van der Waals surface area contributed by atoms with E-state index in [9.17, 15) is 18.6 Å². The molecule has 0 radical (unpaired) electrons. The third-order valence-electron chi connectivity index (χ3n) is 4.05. The molecule has 0 saturated heterocycles. The number of carbonyl (C=O) groups is 3. The fourth-order valence-electron chi connectivity index (χ4n) is 2.71. The van der Waals surface area contributed by atoms with Gasteiger partial charge in [0, 0.05) is 11.4 Å². The Morgan fingerprint density at radius 3 is 2.41 bits per heavy atom. The van der Waals surface area contributed by atoms with E-state index in [0.717, 1.165) is 0 Å². The van der Waals surface area contributed by atoms with Crippen LogP contribution in [0.25, 0.3) is 0 Å². The summed E-state index contributed by atoms with van der Waals surface area (Å²) < 4.78 is 21.9. The molecule has 0 aliphatic rings. The summed E-state index contributed by atoms with van der Waals surface area (Å²) in [5, 5.41) is 0. The number of Topliss-reactive ketones (excluding diaryl/α,β-unsaturated/α-hetero) is 1. The number of esters is 2. The zero-order valence-corrected chi connectivity index (χ0v) is 16.4. The van der Waals surface area contributed by atoms with Crippen molar-refractivity contribution in [3.8, 4) is 0 Å². The second-order valence-electron chi connectivity index (χ2n) is 5.75. The summed E-state index contributed by atoms with van der Waals surface area (Å²) >= 11 is 0. The minimum absolute atomic E-state index is 0.167. The standard InChI is InChI=1S/C19H21NO6S/c1-5-27(24)15-9-7-6-8-13(15)18(22)26-10-14(21)17-11(2)16(12(3)20-17)19(23)25-4/h6-9,20H,5,10H2,1-4H3/t27-/m0/s1. The van der Waals surface area contributed by atoms with E-state index in [1.54, 1.807) is 39.0 Å². The van der Waals surface area contributed by atoms with Crippen LogP contribution in [-0.2, 0) is 20.3 Å². The number of methoxy groups -OCH3 is 1. The van der Waals surface area contributed by atoms with Crippen molar-refractivity contribution in [2.24, 2.45) is 0 Å². The number of carbonyl (C=O) groups excluding carboxylic acids is 3. The summed E-state index contributed by atoms with van der Waals surface area (Å²) in [6.45, 7) is 4.51. The van der Waals surface area contributed by atoms with E-state index in [-0.39, 0.29) is 16.8 Å². The van der Waals surface area contributed by atoms with Crippen molar-refractivity contribution in [1.29, 1.82) is 0 Å². The monoisotopic (exact) mass is 391 g/mol. The van der Waals surface area contributed by atoms with Crippen LogP contribution in [0, 0.1) is 13.8 Å². The van der Waals surface area contributed by atoms with Gasteiger partial charge in [-0.15, -0.1) is 0 Å². The Hall–Kier alpha value is -2.74. The fraction of sp³-hybridized carbons (Fsp3) is 0.316. The number of ketones is 1. The highest BCUT2D eigenvalue weighted by Crippen LogP contribution is 2.20. The van der Waals surface area contributed by atoms with Gasteiger partial charge in [0.1, 0.15) is 0 Å². The molecule has 1 atom stereocenters. The van der Waals surface area contributed by atoms with Gasteiger partial charge in [-0.3, -0.25) is 9.00 Å². The summed E-state index contributed by atoms with van der Waals surface area (Å²) in [6, 6.07) is 6.42. The number of ether oxygens (including phenoxy) is 2. The van der Waals surface area contributed by atoms with Crippen molar-refractivity contribution in [3.05, 3.63) is 52.3 Å². The number of hydrogen-bond donors (Lipinski definition) is 1. The molecule has 0 aliphatic carbocycles. The molecule has 27 heavy (non-hydrogen) atoms. The molecular formula is C19H21NO6S. The first-order valence-corrected chi connectivity index (χ1v) is 9.58. The summed E-state index contributed by atoms with van der Waals surface area (Å²) in [4.78, 5) is 39.8. The molecule has 2 aromatic rings. The molecule has 0 aliphatic heterocycles. The lowest BCUT2D eigenvalue weighted by Crippen LogP contribution is -2.17. The average molecular weight is 391 g/mol. The van der Waals surface area contributed by atoms with Gasteiger partial charge in [-0.2, -0.15) is 0 Å². The first-order chi connectivity index (χ1) is 12.8. The highest BCUT2D eigenvalue weighted by Gasteiger charge is 2.24. The summed E-state index contributed by atoms with van der Waals surface area (Å²) in [5.41, 5.74) is 1.58. The highest BCUT2D eigenvalue weighted by molar-refractivity contribution is 7.85. The Labute approximate surface area is 159 Å². The second-order valence-corrected chi connectivity index (χ2v) is 7.45. The van der Waals surface area contributed by atoms with Crippen LogP contribution in [-0.4, -0.2) is 46.4 Å². The lowest BCUT2D eigenvalue weighted by Gasteiger charge is -2.08. The number of rotatable bonds is 7. The van der Waals surface area contributed by atoms with Crippen molar-refractivity contribution in [2.75, 3.05) is 19.5 Å². The number of aromatic amines is 1. The maximum Gasteiger partial charge on any atom is 0.339 e. The molecular weight excluding hydrogens is 370 g/mol. The van der Waals surface area contributed by atoms with Gasteiger partial charge in [-0.25, -0.2) is 9.59 Å². The number of aromatic nitrogens is 1. The van der Waals surface area contributed by atoms with Crippen LogP contribution in [0.4, 0.5) is 0 Å². The number of hydrogen-bond acceptors (Lipinski definition) is 6. The van der Waals surface area contributed by atoms with Crippen molar-refractivity contribution < 1.29 is 28.1 Å². The highest BCUT2D eigenvalue weighted by atomic mass is 32.2. The van der Waals surface area contributed by atoms with Crippen LogP contribution in [0.3, 0.4) is 0 Å². The normalized spacial score (nSPS) is 11.7. The van der Waals surface area contributed by atoms with Gasteiger partial charge >= 0.3 is 11.9 Å². The van der Waals surface area contributed by atoms with Crippen molar-refractivity contribution >= 4 is 28.5 Å². The summed E-state index contributed by atoms with van der Waals surface area (Å²) in [6.07, 6.45) is 0. The molecule has 0 saturated carbocycles. The predicted molar refractivity (Wildman–Crippen MR) is 99.6 cm³/mol. The van der Waals surface area contributed by atoms with Gasteiger partial charge in [-0.1, -0.05) is 19.1 Å². The molecule has 1 aromatic heterocycles. The first kappa shape index (κ1) is 20.6. The van der Waals surface area contributed by atoms with E-state index in [1.165, 1.54) is 13.2 Å². The Morgan fingerprint density at radius 2 is 1.78 bits per heavy atom. The zero-order chi connectivity index (χ0) is 20.1. The molecule has 1 aromatic carbocycles. The van der Waals surface area contributed by atoms with Gasteiger partial charge in [-0.05, 0) is 31.5 Å². The van der Waals surface area contributed by atoms with Gasteiger partial charge in [0.15, 0.2) is 6.61 Å². The molecule has 7 nitrogen and oxygen atoms in total. The lowest BCUT2D eigenvalue weighted by atomic mass is 10.1. The molecule has 1 N–H and O–H groups in total. The third-order valence-corrected chi connectivity index (χ3v) is 5.43. The molecule has 144 valence electrons. The van der Waals surface area contributed by atoms with Crippen LogP contribution in [0.5, 0.6) is 0 Å². The molecule has 2 rings (SSSR count). The maximum atomic E-state index is 12.4. The first-order valence-electron chi connectivity index (χ1n) is 8.27. The van der Waals surface area contributed by atoms with Crippen LogP contribution in [0.2, 0.25) is 0 Å². The Morgan fingerprint density at radius 1 is 1.11 bits per heavy atom. The number of nitrogens with one attached hydrogen (secondary N) is 1. The van der Waals surface area contributed by atoms with Crippen LogP contribution in [0.1, 0.15) is 49.4 Å². The molecule has 0 unspecified atom stereocenters. The topological polar surface area (TPSA) is 103 Å². The molecule has 1 heterocycles. The Bertz CT molecular complexity index is 915. The molecule has 0 bridgehead atoms. The third kappa shape index (κ3) is 4.33. The average Bonchev–Trinajstić information content (AvgIpc) is 2.98. The van der Waals surface area contributed by atoms with E-state index >= 15 is 0 Å². The molecule has 0 spiro atoms. The van der Waals surface area contributed by atoms with Crippen molar-refractivity contribution in [2.45, 2.75) is 25.7 Å². The summed E-state index contributed by atoms with van der Waals surface area (Å²) in [5.74, 6) is -1.39. The van der Waals surface area contributed by atoms with Crippen LogP contribution in [0.15, 0.2) is 29.2 Å². The second kappa shape index (κ2) is 8.77. The minimum Gasteiger partial charge on any atom is -0.465 e. The smallest absolute Gasteiger partial charge is 0.339 e. The Kier molecular flexibility index (Phi) is 6.68. The van der Waals surface area contributed by atoms with Gasteiger partial charge in [0.25, 0.3) is 0 Å². The van der Waals surface area contributed by atoms with E-state index in [0.29, 0.717) is 21.9 Å². The van der Waals surface area contributed by atoms with E-state index in [4.69, 9.17) is 9.47 Å². The predicted octanol–water partition coefficient (Wildman–Crippen LogP) is 2.59. The maximum absolute atomic E-state index is 12.4. The number of aryl methyl sites for hydroxylation is 1. The number of benzene rings is 1. The SMILES string of the molecule is CC[S@](=O)c1ccccc1C(=O)OCC(=O)c1[nH]c(C)c(C(=O)OC)c1C. The fourth-order valence-corrected chi connectivity index (χ4v) is 3.65. The molecule has 8 heteroatoms. The van der Waals surface area contributed by atoms with E-state index in [1.807, 2.05) is 0 Å². The van der Waals surface area contributed by atoms with Crippen LogP contribution >= 0.6 is 0 Å². The van der Waals surface area contributed by atoms with E-state index < -0.39 is 35.1 Å². The Balaban J connectivity index is 2.16. The van der Waals surface area contributed by atoms with Gasteiger partial charge in [0.05, 0.1) is 39.6 Å². The largest absolute Gasteiger partial charge is 0.465 e. The van der Waals surface area contributed by atoms with E-state index in [2.05, 4.69) is 4.98 Å². The minimum atomic E-state index is -1.33. The van der Waals surface area contributed by atoms with Crippen LogP contribution < -0.4 is 0 Å². The quantitative estimate of drug-likeness (QED) is 0.575. The van der Waals surface area contributed by atoms with Gasteiger partial charge < -0.3 is 14.5 Å². The van der Waals surface area contributed by atoms with Crippen molar-refractivity contribution in [1.82, 2.24) is 4.98 Å². The lowest BCUT2D eigenvalue weighted by molar-refractivity contribution is 0.0469. The zero-order valence-electron chi connectivity index (χ0n) is 15.6. The number of H-pyrrole nitrogens is 1. The van der Waals surface area contributed by atoms with Crippen molar-refractivity contribution in [3.63, 3.8) is 0 Å². The molecule has 0 fully saturated rings. The summed E-state index contributed by atoms with van der Waals surface area (Å²) in [7, 11) is -0.0668. The van der Waals surface area contributed by atoms with Gasteiger partial charge in [0.2, 0.25) is 5.78 Å².